The molecule has 210 valence electrons. The highest BCUT2D eigenvalue weighted by Crippen LogP contribution is 2.61. The Morgan fingerprint density at radius 3 is 2.38 bits per heavy atom. The summed E-state index contributed by atoms with van der Waals surface area (Å²) in [5.41, 5.74) is 4.96. The molecular weight excluding hydrogens is 506 g/mol. The zero-order valence-corrected chi connectivity index (χ0v) is 24.2. The molecule has 5 nitrogen and oxygen atoms in total. The van der Waals surface area contributed by atoms with E-state index in [9.17, 15) is 14.7 Å². The number of nitrogens with one attached hydrogen (secondary N) is 1. The minimum Gasteiger partial charge on any atom is -0.480 e. The molecular formula is C33H43NO4S. The molecule has 2 aromatic carbocycles. The van der Waals surface area contributed by atoms with Gasteiger partial charge in [-0.15, -0.1) is 0 Å². The molecule has 4 aliphatic carbocycles. The minimum atomic E-state index is -1.01. The number of carbonyl (C=O) groups is 2. The van der Waals surface area contributed by atoms with Crippen LogP contribution in [0.25, 0.3) is 11.1 Å². The van der Waals surface area contributed by atoms with Crippen LogP contribution in [0, 0.1) is 30.1 Å². The van der Waals surface area contributed by atoms with Gasteiger partial charge in [-0.1, -0.05) is 30.3 Å². The van der Waals surface area contributed by atoms with Crippen LogP contribution in [-0.4, -0.2) is 41.6 Å². The number of benzene rings is 2. The summed E-state index contributed by atoms with van der Waals surface area (Å²) in [5, 5.41) is 12.4. The third kappa shape index (κ3) is 6.71. The van der Waals surface area contributed by atoms with Crippen molar-refractivity contribution in [3.8, 4) is 11.1 Å². The van der Waals surface area contributed by atoms with Crippen molar-refractivity contribution in [2.24, 2.45) is 23.2 Å². The molecule has 4 saturated carbocycles. The number of hydrogen-bond acceptors (Lipinski definition) is 4. The molecule has 2 aromatic rings. The number of carbonyl (C=O) groups excluding carboxylic acids is 1. The predicted molar refractivity (Wildman–Crippen MR) is 158 cm³/mol. The first-order chi connectivity index (χ1) is 18.9. The van der Waals surface area contributed by atoms with Crippen LogP contribution in [0.1, 0.15) is 79.3 Å². The second kappa shape index (κ2) is 12.5. The third-order valence-corrected chi connectivity index (χ3v) is 10.1. The average Bonchev–Trinajstić information content (AvgIpc) is 2.90. The quantitative estimate of drug-likeness (QED) is 0.260. The molecule has 39 heavy (non-hydrogen) atoms. The SMILES string of the molecule is CSCC[C@H](NC(=O)c1ccc(COCCCC23CC4CC(CC(C4)C2)C3)cc1-c1ccccc1C)C(=O)O. The first kappa shape index (κ1) is 28.2. The smallest absolute Gasteiger partial charge is 0.326 e. The van der Waals surface area contributed by atoms with E-state index in [0.717, 1.165) is 53.0 Å². The van der Waals surface area contributed by atoms with E-state index in [1.807, 2.05) is 55.6 Å². The van der Waals surface area contributed by atoms with Crippen molar-refractivity contribution in [3.63, 3.8) is 0 Å². The molecule has 1 atom stereocenters. The molecule has 1 amide bonds. The maximum absolute atomic E-state index is 13.3. The van der Waals surface area contributed by atoms with Crippen LogP contribution in [0.3, 0.4) is 0 Å². The summed E-state index contributed by atoms with van der Waals surface area (Å²) < 4.78 is 6.16. The molecule has 0 aromatic heterocycles. The maximum atomic E-state index is 13.3. The van der Waals surface area contributed by atoms with Gasteiger partial charge in [-0.25, -0.2) is 4.79 Å². The average molecular weight is 550 g/mol. The van der Waals surface area contributed by atoms with Crippen LogP contribution >= 0.6 is 11.8 Å². The fourth-order valence-electron chi connectivity index (χ4n) is 8.04. The van der Waals surface area contributed by atoms with E-state index in [-0.39, 0.29) is 5.91 Å². The monoisotopic (exact) mass is 549 g/mol. The Kier molecular flexibility index (Phi) is 9.02. The summed E-state index contributed by atoms with van der Waals surface area (Å²) in [6, 6.07) is 12.9. The molecule has 0 radical (unpaired) electrons. The Morgan fingerprint density at radius 2 is 1.74 bits per heavy atom. The van der Waals surface area contributed by atoms with Crippen molar-refractivity contribution in [3.05, 3.63) is 59.2 Å². The molecule has 6 heteroatoms. The Hall–Kier alpha value is -2.31. The van der Waals surface area contributed by atoms with E-state index in [1.54, 1.807) is 11.8 Å². The van der Waals surface area contributed by atoms with Gasteiger partial charge in [0.25, 0.3) is 5.91 Å². The van der Waals surface area contributed by atoms with E-state index < -0.39 is 12.0 Å². The second-order valence-corrected chi connectivity index (χ2v) is 13.4. The first-order valence-corrected chi connectivity index (χ1v) is 16.0. The molecule has 0 saturated heterocycles. The van der Waals surface area contributed by atoms with Gasteiger partial charge in [-0.05, 0) is 134 Å². The number of thioether (sulfide) groups is 1. The van der Waals surface area contributed by atoms with Gasteiger partial charge in [0.1, 0.15) is 6.04 Å². The van der Waals surface area contributed by atoms with Gasteiger partial charge in [0, 0.05) is 12.2 Å². The number of rotatable bonds is 13. The normalized spacial score (nSPS) is 25.9. The lowest BCUT2D eigenvalue weighted by Crippen LogP contribution is -2.46. The highest BCUT2D eigenvalue weighted by atomic mass is 32.2. The minimum absolute atomic E-state index is 0.357. The molecule has 4 bridgehead atoms. The number of aryl methyl sites for hydroxylation is 1. The van der Waals surface area contributed by atoms with Crippen molar-refractivity contribution in [2.75, 3.05) is 18.6 Å². The van der Waals surface area contributed by atoms with Crippen LogP contribution in [0.5, 0.6) is 0 Å². The lowest BCUT2D eigenvalue weighted by molar-refractivity contribution is -0.139. The summed E-state index contributed by atoms with van der Waals surface area (Å²) >= 11 is 1.57. The van der Waals surface area contributed by atoms with Crippen LogP contribution in [0.4, 0.5) is 0 Å². The van der Waals surface area contributed by atoms with E-state index >= 15 is 0 Å². The first-order valence-electron chi connectivity index (χ1n) is 14.6. The third-order valence-electron chi connectivity index (χ3n) is 9.41. The lowest BCUT2D eigenvalue weighted by atomic mass is 9.48. The fourth-order valence-corrected chi connectivity index (χ4v) is 8.51. The molecule has 0 unspecified atom stereocenters. The Morgan fingerprint density at radius 1 is 1.05 bits per heavy atom. The largest absolute Gasteiger partial charge is 0.480 e. The molecule has 6 rings (SSSR count). The molecule has 0 aliphatic heterocycles. The molecule has 0 heterocycles. The molecule has 4 fully saturated rings. The van der Waals surface area contributed by atoms with E-state index in [1.165, 1.54) is 44.9 Å². The van der Waals surface area contributed by atoms with Gasteiger partial charge in [-0.3, -0.25) is 4.79 Å². The maximum Gasteiger partial charge on any atom is 0.326 e. The number of hydrogen-bond donors (Lipinski definition) is 2. The van der Waals surface area contributed by atoms with E-state index in [2.05, 4.69) is 5.32 Å². The highest BCUT2D eigenvalue weighted by molar-refractivity contribution is 7.98. The lowest BCUT2D eigenvalue weighted by Gasteiger charge is -2.57. The van der Waals surface area contributed by atoms with Crippen molar-refractivity contribution in [1.29, 1.82) is 0 Å². The van der Waals surface area contributed by atoms with Crippen LogP contribution in [0.2, 0.25) is 0 Å². The van der Waals surface area contributed by atoms with Crippen molar-refractivity contribution < 1.29 is 19.4 Å². The van der Waals surface area contributed by atoms with E-state index in [4.69, 9.17) is 4.74 Å². The highest BCUT2D eigenvalue weighted by Gasteiger charge is 2.50. The Labute approximate surface area is 237 Å². The summed E-state index contributed by atoms with van der Waals surface area (Å²) in [6.07, 6.45) is 13.5. The summed E-state index contributed by atoms with van der Waals surface area (Å²) in [6.45, 7) is 3.30. The Balaban J connectivity index is 1.23. The molecule has 2 N–H and O–H groups in total. The topological polar surface area (TPSA) is 75.6 Å². The van der Waals surface area contributed by atoms with Gasteiger partial charge >= 0.3 is 5.97 Å². The van der Waals surface area contributed by atoms with Gasteiger partial charge in [0.15, 0.2) is 0 Å². The van der Waals surface area contributed by atoms with Gasteiger partial charge in [0.05, 0.1) is 6.61 Å². The van der Waals surface area contributed by atoms with Crippen LogP contribution in [-0.2, 0) is 16.1 Å². The molecule has 0 spiro atoms. The number of aliphatic carboxylic acids is 1. The standard InChI is InChI=1S/C33H43NO4S/c1-22-6-3-4-7-27(22)29-17-23(8-9-28(29)31(35)34-30(32(36)37)10-13-39-2)21-38-12-5-11-33-18-24-14-25(19-33)16-26(15-24)20-33/h3-4,6-9,17,24-26,30H,5,10-16,18-21H2,1-2H3,(H,34,35)(H,36,37)/t24?,25?,26?,30-,33?/m0/s1. The second-order valence-electron chi connectivity index (χ2n) is 12.4. The van der Waals surface area contributed by atoms with Crippen LogP contribution in [0.15, 0.2) is 42.5 Å². The van der Waals surface area contributed by atoms with Crippen molar-refractivity contribution in [2.45, 2.75) is 77.4 Å². The van der Waals surface area contributed by atoms with Gasteiger partial charge in [-0.2, -0.15) is 11.8 Å². The summed E-state index contributed by atoms with van der Waals surface area (Å²) in [7, 11) is 0. The molecule has 4 aliphatic rings. The number of ether oxygens (including phenoxy) is 1. The summed E-state index contributed by atoms with van der Waals surface area (Å²) in [5.74, 6) is 2.27. The van der Waals surface area contributed by atoms with Crippen LogP contribution < -0.4 is 5.32 Å². The summed E-state index contributed by atoms with van der Waals surface area (Å²) in [4.78, 5) is 25.0. The number of amides is 1. The van der Waals surface area contributed by atoms with E-state index in [0.29, 0.717) is 29.8 Å². The van der Waals surface area contributed by atoms with Crippen molar-refractivity contribution >= 4 is 23.6 Å². The van der Waals surface area contributed by atoms with Gasteiger partial charge < -0.3 is 15.2 Å². The van der Waals surface area contributed by atoms with Gasteiger partial charge in [0.2, 0.25) is 0 Å². The zero-order chi connectivity index (χ0) is 27.4. The fraction of sp³-hybridized carbons (Fsp3) is 0.576. The predicted octanol–water partition coefficient (Wildman–Crippen LogP) is 7.11. The number of carboxylic acids is 1. The Bertz CT molecular complexity index is 1140. The number of carboxylic acid groups (broad SMARTS) is 1. The zero-order valence-electron chi connectivity index (χ0n) is 23.4. The van der Waals surface area contributed by atoms with Crippen molar-refractivity contribution in [1.82, 2.24) is 5.32 Å².